The molecule has 0 aliphatic heterocycles. The van der Waals surface area contributed by atoms with Crippen LogP contribution in [0.15, 0.2) is 52.1 Å². The summed E-state index contributed by atoms with van der Waals surface area (Å²) in [7, 11) is 0. The Labute approximate surface area is 86.6 Å². The average molecular weight is 206 g/mol. The lowest BCUT2D eigenvalue weighted by Gasteiger charge is -1.97. The van der Waals surface area contributed by atoms with Gasteiger partial charge in [-0.1, -0.05) is 36.4 Å². The van der Waals surface area contributed by atoms with E-state index in [0.717, 1.165) is 5.75 Å². The second-order valence-corrected chi connectivity index (χ2v) is 4.93. The molecule has 1 aromatic heterocycles. The molecule has 1 heterocycles. The van der Waals surface area contributed by atoms with Crippen molar-refractivity contribution in [1.29, 1.82) is 0 Å². The number of hydrogen-bond donors (Lipinski definition) is 0. The zero-order valence-corrected chi connectivity index (χ0v) is 8.78. The smallest absolute Gasteiger partial charge is 0.0601 e. The molecule has 2 heteroatoms. The van der Waals surface area contributed by atoms with Crippen LogP contribution in [0.1, 0.15) is 5.56 Å². The molecule has 0 fully saturated rings. The van der Waals surface area contributed by atoms with Crippen LogP contribution in [0.4, 0.5) is 0 Å². The highest BCUT2D eigenvalue weighted by atomic mass is 32.2. The minimum absolute atomic E-state index is 1.07. The molecular weight excluding hydrogens is 196 g/mol. The van der Waals surface area contributed by atoms with Gasteiger partial charge in [-0.2, -0.15) is 0 Å². The van der Waals surface area contributed by atoms with E-state index in [4.69, 9.17) is 0 Å². The van der Waals surface area contributed by atoms with Crippen LogP contribution in [-0.4, -0.2) is 0 Å². The van der Waals surface area contributed by atoms with Gasteiger partial charge in [-0.3, -0.25) is 0 Å². The first-order chi connectivity index (χ1) is 6.45. The molecular formula is C11H10S2. The van der Waals surface area contributed by atoms with Gasteiger partial charge < -0.3 is 0 Å². The third kappa shape index (κ3) is 2.61. The SMILES string of the molecule is c1ccc(CSc2cccs2)cc1. The number of thiophene rings is 1. The minimum Gasteiger partial charge on any atom is -0.137 e. The molecule has 0 amide bonds. The van der Waals surface area contributed by atoms with Crippen molar-refractivity contribution in [3.63, 3.8) is 0 Å². The van der Waals surface area contributed by atoms with Gasteiger partial charge in [0.05, 0.1) is 4.21 Å². The number of benzene rings is 1. The Morgan fingerprint density at radius 2 is 1.85 bits per heavy atom. The topological polar surface area (TPSA) is 0 Å². The monoisotopic (exact) mass is 206 g/mol. The summed E-state index contributed by atoms with van der Waals surface area (Å²) in [6.07, 6.45) is 0. The van der Waals surface area contributed by atoms with Gasteiger partial charge in [-0.15, -0.1) is 23.1 Å². The Morgan fingerprint density at radius 3 is 2.54 bits per heavy atom. The molecule has 2 aromatic rings. The zero-order chi connectivity index (χ0) is 8.93. The largest absolute Gasteiger partial charge is 0.137 e. The molecule has 1 aromatic carbocycles. The van der Waals surface area contributed by atoms with Gasteiger partial charge in [0.2, 0.25) is 0 Å². The summed E-state index contributed by atoms with van der Waals surface area (Å²) < 4.78 is 1.39. The molecule has 0 aliphatic rings. The van der Waals surface area contributed by atoms with Crippen LogP contribution in [0, 0.1) is 0 Å². The van der Waals surface area contributed by atoms with Crippen molar-refractivity contribution in [3.8, 4) is 0 Å². The van der Waals surface area contributed by atoms with Crippen molar-refractivity contribution in [2.24, 2.45) is 0 Å². The fourth-order valence-electron chi connectivity index (χ4n) is 1.07. The van der Waals surface area contributed by atoms with E-state index in [1.807, 2.05) is 11.8 Å². The van der Waals surface area contributed by atoms with E-state index in [9.17, 15) is 0 Å². The third-order valence-electron chi connectivity index (χ3n) is 1.72. The molecule has 0 radical (unpaired) electrons. The fraction of sp³-hybridized carbons (Fsp3) is 0.0909. The van der Waals surface area contributed by atoms with Crippen LogP contribution in [0.25, 0.3) is 0 Å². The van der Waals surface area contributed by atoms with Crippen molar-refractivity contribution in [1.82, 2.24) is 0 Å². The Balaban J connectivity index is 1.94. The van der Waals surface area contributed by atoms with E-state index >= 15 is 0 Å². The Kier molecular flexibility index (Phi) is 3.06. The van der Waals surface area contributed by atoms with E-state index in [2.05, 4.69) is 47.8 Å². The molecule has 0 nitrogen and oxygen atoms in total. The average Bonchev–Trinajstić information content (AvgIpc) is 2.69. The Hall–Kier alpha value is -0.730. The standard InChI is InChI=1S/C11H10S2/c1-2-5-10(6-3-1)9-13-11-7-4-8-12-11/h1-8H,9H2. The van der Waals surface area contributed by atoms with Crippen molar-refractivity contribution in [2.75, 3.05) is 0 Å². The second kappa shape index (κ2) is 4.49. The molecule has 0 saturated heterocycles. The summed E-state index contributed by atoms with van der Waals surface area (Å²) in [6.45, 7) is 0. The van der Waals surface area contributed by atoms with Crippen LogP contribution in [0.5, 0.6) is 0 Å². The minimum atomic E-state index is 1.07. The van der Waals surface area contributed by atoms with Crippen LogP contribution in [0.3, 0.4) is 0 Å². The summed E-state index contributed by atoms with van der Waals surface area (Å²) in [6, 6.07) is 14.8. The van der Waals surface area contributed by atoms with Crippen molar-refractivity contribution < 1.29 is 0 Å². The number of rotatable bonds is 3. The highest BCUT2D eigenvalue weighted by molar-refractivity contribution is 8.00. The normalized spacial score (nSPS) is 10.2. The van der Waals surface area contributed by atoms with Gasteiger partial charge in [0, 0.05) is 5.75 Å². The quantitative estimate of drug-likeness (QED) is 0.683. The lowest BCUT2D eigenvalue weighted by atomic mass is 10.2. The summed E-state index contributed by atoms with van der Waals surface area (Å²) in [5.74, 6) is 1.07. The van der Waals surface area contributed by atoms with E-state index in [-0.39, 0.29) is 0 Å². The lowest BCUT2D eigenvalue weighted by Crippen LogP contribution is -1.76. The predicted molar refractivity (Wildman–Crippen MR) is 60.3 cm³/mol. The first-order valence-corrected chi connectivity index (χ1v) is 6.02. The first-order valence-electron chi connectivity index (χ1n) is 4.15. The van der Waals surface area contributed by atoms with Crippen molar-refractivity contribution in [2.45, 2.75) is 9.96 Å². The molecule has 0 unspecified atom stereocenters. The summed E-state index contributed by atoms with van der Waals surface area (Å²) in [4.78, 5) is 0. The first kappa shape index (κ1) is 8.85. The van der Waals surface area contributed by atoms with Crippen LogP contribution in [0.2, 0.25) is 0 Å². The van der Waals surface area contributed by atoms with Gasteiger partial charge >= 0.3 is 0 Å². The molecule has 66 valence electrons. The maximum Gasteiger partial charge on any atom is 0.0601 e. The fourth-order valence-corrected chi connectivity index (χ4v) is 2.81. The third-order valence-corrected chi connectivity index (χ3v) is 3.92. The van der Waals surface area contributed by atoms with Gasteiger partial charge in [-0.25, -0.2) is 0 Å². The number of hydrogen-bond acceptors (Lipinski definition) is 2. The molecule has 0 aliphatic carbocycles. The Morgan fingerprint density at radius 1 is 1.00 bits per heavy atom. The van der Waals surface area contributed by atoms with Crippen LogP contribution in [-0.2, 0) is 5.75 Å². The Bertz CT molecular complexity index is 338. The molecule has 2 rings (SSSR count). The predicted octanol–water partition coefficient (Wildman–Crippen LogP) is 4.04. The van der Waals surface area contributed by atoms with E-state index < -0.39 is 0 Å². The summed E-state index contributed by atoms with van der Waals surface area (Å²) in [5, 5.41) is 2.12. The number of thioether (sulfide) groups is 1. The van der Waals surface area contributed by atoms with Gasteiger partial charge in [0.15, 0.2) is 0 Å². The maximum absolute atomic E-state index is 2.17. The maximum atomic E-state index is 2.17. The highest BCUT2D eigenvalue weighted by Gasteiger charge is 1.95. The molecule has 13 heavy (non-hydrogen) atoms. The molecule has 0 saturated carbocycles. The van der Waals surface area contributed by atoms with Crippen molar-refractivity contribution in [3.05, 3.63) is 53.4 Å². The van der Waals surface area contributed by atoms with Crippen LogP contribution < -0.4 is 0 Å². The van der Waals surface area contributed by atoms with E-state index in [1.165, 1.54) is 9.77 Å². The summed E-state index contributed by atoms with van der Waals surface area (Å²) in [5.41, 5.74) is 1.39. The van der Waals surface area contributed by atoms with E-state index in [1.54, 1.807) is 11.3 Å². The highest BCUT2D eigenvalue weighted by Crippen LogP contribution is 2.26. The molecule has 0 bridgehead atoms. The van der Waals surface area contributed by atoms with Gasteiger partial charge in [0.1, 0.15) is 0 Å². The second-order valence-electron chi connectivity index (χ2n) is 2.71. The summed E-state index contributed by atoms with van der Waals surface area (Å²) >= 11 is 3.70. The lowest BCUT2D eigenvalue weighted by molar-refractivity contribution is 1.41. The molecule has 0 atom stereocenters. The molecule has 0 spiro atoms. The van der Waals surface area contributed by atoms with Gasteiger partial charge in [0.25, 0.3) is 0 Å². The van der Waals surface area contributed by atoms with Crippen LogP contribution >= 0.6 is 23.1 Å². The van der Waals surface area contributed by atoms with E-state index in [0.29, 0.717) is 0 Å². The van der Waals surface area contributed by atoms with Gasteiger partial charge in [-0.05, 0) is 17.0 Å². The zero-order valence-electron chi connectivity index (χ0n) is 7.14. The van der Waals surface area contributed by atoms with Crippen molar-refractivity contribution >= 4 is 23.1 Å². The molecule has 0 N–H and O–H groups in total.